The Kier molecular flexibility index (Phi) is 6.98. The Hall–Kier alpha value is -1.56. The van der Waals surface area contributed by atoms with Crippen molar-refractivity contribution in [1.82, 2.24) is 0 Å². The van der Waals surface area contributed by atoms with Crippen LogP contribution < -0.4 is 0 Å². The van der Waals surface area contributed by atoms with Crippen LogP contribution in [0, 0.1) is 0 Å². The van der Waals surface area contributed by atoms with Crippen molar-refractivity contribution in [2.75, 3.05) is 0 Å². The summed E-state index contributed by atoms with van der Waals surface area (Å²) in [5.74, 6) is 0.472. The minimum absolute atomic E-state index is 0.130. The van der Waals surface area contributed by atoms with Crippen LogP contribution in [0.4, 0.5) is 0 Å². The molecule has 2 rings (SSSR count). The van der Waals surface area contributed by atoms with E-state index in [1.807, 2.05) is 0 Å². The second-order valence-corrected chi connectivity index (χ2v) is 13.8. The van der Waals surface area contributed by atoms with Crippen LogP contribution >= 0.6 is 0 Å². The first-order chi connectivity index (χ1) is 13.8. The van der Waals surface area contributed by atoms with Gasteiger partial charge in [0.15, 0.2) is 0 Å². The monoisotopic (exact) mass is 420 g/mol. The summed E-state index contributed by atoms with van der Waals surface area (Å²) >= 11 is 0. The Bertz CT molecular complexity index is 899. The second-order valence-electron chi connectivity index (χ2n) is 13.8. The van der Waals surface area contributed by atoms with Gasteiger partial charge in [0.05, 0.1) is 0 Å². The highest BCUT2D eigenvalue weighted by Gasteiger charge is 2.26. The normalized spacial score (nSPS) is 14.6. The van der Waals surface area contributed by atoms with E-state index >= 15 is 0 Å². The van der Waals surface area contributed by atoms with Gasteiger partial charge in [0, 0.05) is 0 Å². The lowest BCUT2D eigenvalue weighted by atomic mass is 9.73. The van der Waals surface area contributed by atoms with Crippen LogP contribution in [0.25, 0.3) is 0 Å². The summed E-state index contributed by atoms with van der Waals surface area (Å²) in [4.78, 5) is 0. The molecule has 0 nitrogen and oxygen atoms in total. The molecule has 1 unspecified atom stereocenters. The third-order valence-corrected chi connectivity index (χ3v) is 6.56. The molecule has 0 aromatic heterocycles. The van der Waals surface area contributed by atoms with Crippen LogP contribution in [0.2, 0.25) is 0 Å². The summed E-state index contributed by atoms with van der Waals surface area (Å²) in [5.41, 5.74) is 9.46. The van der Waals surface area contributed by atoms with Crippen molar-refractivity contribution in [3.05, 3.63) is 69.8 Å². The molecule has 2 aromatic rings. The lowest BCUT2D eigenvalue weighted by molar-refractivity contribution is 0.550. The van der Waals surface area contributed by atoms with E-state index in [1.165, 1.54) is 33.4 Å². The standard InChI is InChI=1S/C31H48/c1-21(25-16-14-24(29(5,6)7)20-27(25)31(11,12)13)18-22-19-23(28(2,3)4)15-17-26(22)30(8,9)10/h14-17,19-21H,18H2,1-13H3. The van der Waals surface area contributed by atoms with E-state index < -0.39 is 0 Å². The van der Waals surface area contributed by atoms with Gasteiger partial charge in [0.2, 0.25) is 0 Å². The quantitative estimate of drug-likeness (QED) is 0.464. The first kappa shape index (κ1) is 25.7. The van der Waals surface area contributed by atoms with Gasteiger partial charge in [-0.1, -0.05) is 126 Å². The molecule has 1 atom stereocenters. The predicted molar refractivity (Wildman–Crippen MR) is 140 cm³/mol. The van der Waals surface area contributed by atoms with Crippen LogP contribution in [0.1, 0.15) is 129 Å². The van der Waals surface area contributed by atoms with E-state index in [2.05, 4.69) is 126 Å². The van der Waals surface area contributed by atoms with Crippen molar-refractivity contribution < 1.29 is 0 Å². The van der Waals surface area contributed by atoms with Gasteiger partial charge in [0.1, 0.15) is 0 Å². The van der Waals surface area contributed by atoms with Gasteiger partial charge in [-0.15, -0.1) is 0 Å². The fourth-order valence-corrected chi connectivity index (χ4v) is 4.50. The Morgan fingerprint density at radius 1 is 0.548 bits per heavy atom. The maximum atomic E-state index is 2.48. The van der Waals surface area contributed by atoms with E-state index in [9.17, 15) is 0 Å². The topological polar surface area (TPSA) is 0 Å². The summed E-state index contributed by atoms with van der Waals surface area (Å²) in [6.07, 6.45) is 1.08. The van der Waals surface area contributed by atoms with E-state index in [-0.39, 0.29) is 21.7 Å². The van der Waals surface area contributed by atoms with Gasteiger partial charge in [-0.05, 0) is 67.4 Å². The highest BCUT2D eigenvalue weighted by molar-refractivity contribution is 5.44. The van der Waals surface area contributed by atoms with Crippen molar-refractivity contribution in [1.29, 1.82) is 0 Å². The summed E-state index contributed by atoms with van der Waals surface area (Å²) in [5, 5.41) is 0. The van der Waals surface area contributed by atoms with Gasteiger partial charge in [-0.3, -0.25) is 0 Å². The van der Waals surface area contributed by atoms with E-state index in [0.29, 0.717) is 5.92 Å². The second kappa shape index (κ2) is 8.42. The van der Waals surface area contributed by atoms with Crippen molar-refractivity contribution in [3.8, 4) is 0 Å². The minimum Gasteiger partial charge on any atom is -0.0582 e. The molecule has 0 N–H and O–H groups in total. The van der Waals surface area contributed by atoms with Crippen molar-refractivity contribution in [3.63, 3.8) is 0 Å². The van der Waals surface area contributed by atoms with Crippen molar-refractivity contribution >= 4 is 0 Å². The Morgan fingerprint density at radius 2 is 1.00 bits per heavy atom. The summed E-state index contributed by atoms with van der Waals surface area (Å²) in [7, 11) is 0. The maximum absolute atomic E-state index is 2.48. The molecule has 0 spiro atoms. The molecule has 0 heterocycles. The van der Waals surface area contributed by atoms with Crippen LogP contribution in [0.3, 0.4) is 0 Å². The molecule has 0 heteroatoms. The molecule has 0 aliphatic rings. The zero-order valence-corrected chi connectivity index (χ0v) is 22.7. The van der Waals surface area contributed by atoms with Crippen LogP contribution in [0.15, 0.2) is 36.4 Å². The third-order valence-electron chi connectivity index (χ3n) is 6.56. The number of hydrogen-bond acceptors (Lipinski definition) is 0. The van der Waals surface area contributed by atoms with Crippen LogP contribution in [0.5, 0.6) is 0 Å². The zero-order chi connectivity index (χ0) is 24.0. The fraction of sp³-hybridized carbons (Fsp3) is 0.613. The summed E-state index contributed by atoms with van der Waals surface area (Å²) < 4.78 is 0. The molecule has 172 valence electrons. The SMILES string of the molecule is CC(Cc1cc(C(C)(C)C)ccc1C(C)(C)C)c1ccc(C(C)(C)C)cc1C(C)(C)C. The van der Waals surface area contributed by atoms with Crippen molar-refractivity contribution in [2.24, 2.45) is 0 Å². The molecule has 0 fully saturated rings. The largest absolute Gasteiger partial charge is 0.0582 e. The van der Waals surface area contributed by atoms with Crippen LogP contribution in [-0.2, 0) is 28.1 Å². The lowest BCUT2D eigenvalue weighted by Crippen LogP contribution is -2.21. The van der Waals surface area contributed by atoms with Gasteiger partial charge in [0.25, 0.3) is 0 Å². The Labute approximate surface area is 193 Å². The minimum atomic E-state index is 0.130. The fourth-order valence-electron chi connectivity index (χ4n) is 4.50. The summed E-state index contributed by atoms with van der Waals surface area (Å²) in [6, 6.07) is 14.5. The molecule has 0 bridgehead atoms. The van der Waals surface area contributed by atoms with Gasteiger partial charge in [-0.25, -0.2) is 0 Å². The Balaban J connectivity index is 2.58. The lowest BCUT2D eigenvalue weighted by Gasteiger charge is -2.31. The summed E-state index contributed by atoms with van der Waals surface area (Å²) in [6.45, 7) is 30.4. The predicted octanol–water partition coefficient (Wildman–Crippen LogP) is 9.22. The van der Waals surface area contributed by atoms with E-state index in [1.54, 1.807) is 0 Å². The first-order valence-electron chi connectivity index (χ1n) is 12.1. The zero-order valence-electron chi connectivity index (χ0n) is 22.7. The van der Waals surface area contributed by atoms with E-state index in [0.717, 1.165) is 6.42 Å². The van der Waals surface area contributed by atoms with E-state index in [4.69, 9.17) is 0 Å². The third kappa shape index (κ3) is 6.24. The Morgan fingerprint density at radius 3 is 1.45 bits per heavy atom. The average molecular weight is 421 g/mol. The average Bonchev–Trinajstić information content (AvgIpc) is 2.57. The highest BCUT2D eigenvalue weighted by Crippen LogP contribution is 2.38. The smallest absolute Gasteiger partial charge is 0.0129 e. The molecule has 0 radical (unpaired) electrons. The molecule has 0 aliphatic heterocycles. The van der Waals surface area contributed by atoms with Crippen LogP contribution in [-0.4, -0.2) is 0 Å². The molecule has 0 saturated carbocycles. The number of benzene rings is 2. The van der Waals surface area contributed by atoms with Gasteiger partial charge < -0.3 is 0 Å². The molecule has 0 saturated heterocycles. The van der Waals surface area contributed by atoms with Gasteiger partial charge in [-0.2, -0.15) is 0 Å². The molecular formula is C31H48. The number of hydrogen-bond donors (Lipinski definition) is 0. The number of rotatable bonds is 3. The molecule has 2 aromatic carbocycles. The molecule has 31 heavy (non-hydrogen) atoms. The molecular weight excluding hydrogens is 372 g/mol. The van der Waals surface area contributed by atoms with Crippen molar-refractivity contribution in [2.45, 2.75) is 124 Å². The van der Waals surface area contributed by atoms with Gasteiger partial charge >= 0.3 is 0 Å². The molecule has 0 aliphatic carbocycles. The maximum Gasteiger partial charge on any atom is -0.0129 e. The molecule has 0 amide bonds. The highest BCUT2D eigenvalue weighted by atomic mass is 14.3. The first-order valence-corrected chi connectivity index (χ1v) is 12.1.